The van der Waals surface area contributed by atoms with E-state index in [1.54, 1.807) is 0 Å². The molecule has 33 heavy (non-hydrogen) atoms. The third-order valence-corrected chi connectivity index (χ3v) is 9.71. The van der Waals surface area contributed by atoms with Crippen molar-refractivity contribution in [3.63, 3.8) is 0 Å². The molecule has 0 saturated heterocycles. The topological polar surface area (TPSA) is 58.2 Å². The minimum atomic E-state index is -1.12. The molecule has 0 bridgehead atoms. The maximum Gasteiger partial charge on any atom is 0.234 e. The monoisotopic (exact) mass is 504 g/mol. The Morgan fingerprint density at radius 1 is 0.667 bits per heavy atom. The Bertz CT molecular complexity index is 614. The molecular weight excluding hydrogens is 448 g/mol. The van der Waals surface area contributed by atoms with Crippen LogP contribution in [0.25, 0.3) is 0 Å². The van der Waals surface area contributed by atoms with Crippen molar-refractivity contribution in [3.8, 4) is 0 Å². The third kappa shape index (κ3) is 10.4. The van der Waals surface area contributed by atoms with E-state index in [9.17, 15) is 9.59 Å². The van der Waals surface area contributed by atoms with Crippen molar-refractivity contribution >= 4 is 33.8 Å². The van der Waals surface area contributed by atoms with Gasteiger partial charge < -0.3 is 10.0 Å². The summed E-state index contributed by atoms with van der Waals surface area (Å²) in [7, 11) is -1.12. The fourth-order valence-corrected chi connectivity index (χ4v) is 7.40. The normalized spacial score (nSPS) is 20.5. The standard InChI is InChI=1S/C27H56N2O2S2/c1-15-24(8,21(30)28-23(5,6)7)19-26(10,17-3)32-27(11,18-4)20-25(9,16-2)22(31)29-33(12,13)14/h15-20H2,1-14H3,(H,28,30)(H,29,31). The minimum Gasteiger partial charge on any atom is -0.351 e. The van der Waals surface area contributed by atoms with Gasteiger partial charge in [-0.3, -0.25) is 9.59 Å². The maximum atomic E-state index is 13.3. The molecule has 0 spiro atoms. The minimum absolute atomic E-state index is 0.0603. The highest BCUT2D eigenvalue weighted by Crippen LogP contribution is 2.52. The Hall–Kier alpha value is -0.360. The van der Waals surface area contributed by atoms with Crippen molar-refractivity contribution in [1.82, 2.24) is 10.0 Å². The summed E-state index contributed by atoms with van der Waals surface area (Å²) in [6, 6.07) is 0. The second-order valence-corrected chi connectivity index (χ2v) is 18.9. The van der Waals surface area contributed by atoms with Crippen molar-refractivity contribution in [3.05, 3.63) is 0 Å². The van der Waals surface area contributed by atoms with E-state index < -0.39 is 21.0 Å². The number of carbonyl (C=O) groups is 2. The molecule has 0 rings (SSSR count). The molecule has 0 aromatic heterocycles. The van der Waals surface area contributed by atoms with Gasteiger partial charge >= 0.3 is 0 Å². The summed E-state index contributed by atoms with van der Waals surface area (Å²) < 4.78 is 3.18. The van der Waals surface area contributed by atoms with Gasteiger partial charge in [0.25, 0.3) is 0 Å². The second-order valence-electron chi connectivity index (χ2n) is 12.9. The van der Waals surface area contributed by atoms with Gasteiger partial charge in [0.15, 0.2) is 0 Å². The van der Waals surface area contributed by atoms with Crippen LogP contribution in [0.4, 0.5) is 0 Å². The zero-order valence-corrected chi connectivity index (χ0v) is 26.0. The Kier molecular flexibility index (Phi) is 11.5. The average Bonchev–Trinajstić information content (AvgIpc) is 2.64. The van der Waals surface area contributed by atoms with Crippen LogP contribution < -0.4 is 10.0 Å². The smallest absolute Gasteiger partial charge is 0.234 e. The lowest BCUT2D eigenvalue weighted by molar-refractivity contribution is -0.132. The largest absolute Gasteiger partial charge is 0.351 e. The van der Waals surface area contributed by atoms with Crippen molar-refractivity contribution in [2.24, 2.45) is 10.8 Å². The van der Waals surface area contributed by atoms with E-state index >= 15 is 0 Å². The third-order valence-electron chi connectivity index (χ3n) is 7.06. The lowest BCUT2D eigenvalue weighted by Crippen LogP contribution is -2.50. The molecule has 198 valence electrons. The summed E-state index contributed by atoms with van der Waals surface area (Å²) in [5.41, 5.74) is -1.09. The molecule has 2 N–H and O–H groups in total. The number of hydrogen-bond donors (Lipinski definition) is 2. The molecule has 4 atom stereocenters. The second kappa shape index (κ2) is 11.6. The molecule has 0 heterocycles. The fraction of sp³-hybridized carbons (Fsp3) is 0.926. The molecule has 0 aliphatic rings. The van der Waals surface area contributed by atoms with Gasteiger partial charge in [-0.15, -0.1) is 11.8 Å². The van der Waals surface area contributed by atoms with Crippen LogP contribution in [0.1, 0.15) is 115 Å². The zero-order chi connectivity index (χ0) is 26.5. The van der Waals surface area contributed by atoms with Gasteiger partial charge in [0, 0.05) is 25.9 Å². The number of carbonyl (C=O) groups excluding carboxylic acids is 2. The van der Waals surface area contributed by atoms with E-state index in [0.717, 1.165) is 38.5 Å². The Labute approximate surface area is 212 Å². The molecule has 2 amide bonds. The van der Waals surface area contributed by atoms with Crippen LogP contribution in [-0.2, 0) is 9.59 Å². The molecule has 0 radical (unpaired) electrons. The van der Waals surface area contributed by atoms with Crippen LogP contribution in [-0.4, -0.2) is 45.6 Å². The molecule has 0 fully saturated rings. The van der Waals surface area contributed by atoms with Gasteiger partial charge in [-0.1, -0.05) is 55.4 Å². The molecule has 0 aromatic rings. The van der Waals surface area contributed by atoms with Gasteiger partial charge in [0.2, 0.25) is 11.8 Å². The highest BCUT2D eigenvalue weighted by Gasteiger charge is 2.46. The lowest BCUT2D eigenvalue weighted by atomic mass is 9.76. The van der Waals surface area contributed by atoms with E-state index in [4.69, 9.17) is 0 Å². The summed E-state index contributed by atoms with van der Waals surface area (Å²) in [6.45, 7) is 23.7. The predicted molar refractivity (Wildman–Crippen MR) is 152 cm³/mol. The number of hydrogen-bond acceptors (Lipinski definition) is 3. The summed E-state index contributed by atoms with van der Waals surface area (Å²) in [5, 5.41) is 3.22. The van der Waals surface area contributed by atoms with Crippen molar-refractivity contribution < 1.29 is 9.59 Å². The van der Waals surface area contributed by atoms with Crippen LogP contribution in [0.5, 0.6) is 0 Å². The molecule has 4 unspecified atom stereocenters. The molecule has 4 nitrogen and oxygen atoms in total. The van der Waals surface area contributed by atoms with Crippen LogP contribution in [0.15, 0.2) is 0 Å². The first kappa shape index (κ1) is 32.6. The van der Waals surface area contributed by atoms with E-state index in [1.165, 1.54) is 0 Å². The van der Waals surface area contributed by atoms with Gasteiger partial charge in [0.05, 0.1) is 0 Å². The molecule has 0 aliphatic heterocycles. The molecule has 6 heteroatoms. The first-order valence-corrected chi connectivity index (χ1v) is 16.3. The van der Waals surface area contributed by atoms with E-state index in [-0.39, 0.29) is 26.8 Å². The molecule has 0 aliphatic carbocycles. The van der Waals surface area contributed by atoms with E-state index in [1.807, 2.05) is 32.5 Å². The average molecular weight is 505 g/mol. The first-order chi connectivity index (χ1) is 14.6. The number of amides is 2. The number of thioether (sulfide) groups is 1. The summed E-state index contributed by atoms with van der Waals surface area (Å²) >= 11 is 2.00. The summed E-state index contributed by atoms with van der Waals surface area (Å²) in [5.74, 6) is 0.316. The van der Waals surface area contributed by atoms with Crippen LogP contribution in [0.2, 0.25) is 0 Å². The Morgan fingerprint density at radius 3 is 1.30 bits per heavy atom. The molecule has 0 saturated carbocycles. The van der Waals surface area contributed by atoms with E-state index in [2.05, 4.69) is 84.2 Å². The summed E-state index contributed by atoms with van der Waals surface area (Å²) in [4.78, 5) is 26.6. The SMILES string of the molecule is CCC(C)(CC(C)(CC)C(=O)NC(C)(C)C)SC(C)(CC)CC(C)(CC)C(=O)NS(C)(C)C. The van der Waals surface area contributed by atoms with Crippen molar-refractivity contribution in [2.45, 2.75) is 130 Å². The zero-order valence-electron chi connectivity index (χ0n) is 24.4. The summed E-state index contributed by atoms with van der Waals surface area (Å²) in [6.07, 6.45) is 11.6. The van der Waals surface area contributed by atoms with Crippen molar-refractivity contribution in [2.75, 3.05) is 18.8 Å². The Balaban J connectivity index is 5.90. The van der Waals surface area contributed by atoms with Gasteiger partial charge in [-0.05, 0) is 78.1 Å². The number of rotatable bonds is 13. The van der Waals surface area contributed by atoms with Crippen molar-refractivity contribution in [1.29, 1.82) is 0 Å². The van der Waals surface area contributed by atoms with Crippen LogP contribution >= 0.6 is 22.0 Å². The van der Waals surface area contributed by atoms with Gasteiger partial charge in [-0.2, -0.15) is 10.2 Å². The highest BCUT2D eigenvalue weighted by molar-refractivity contribution is 8.30. The van der Waals surface area contributed by atoms with E-state index in [0.29, 0.717) is 0 Å². The molecular formula is C27H56N2O2S2. The number of nitrogens with one attached hydrogen (secondary N) is 2. The lowest BCUT2D eigenvalue weighted by Gasteiger charge is -2.46. The highest BCUT2D eigenvalue weighted by atomic mass is 32.3. The molecule has 0 aromatic carbocycles. The van der Waals surface area contributed by atoms with Crippen LogP contribution in [0.3, 0.4) is 0 Å². The fourth-order valence-electron chi connectivity index (χ4n) is 4.34. The maximum absolute atomic E-state index is 13.3. The first-order valence-electron chi connectivity index (χ1n) is 12.7. The van der Waals surface area contributed by atoms with Gasteiger partial charge in [0.1, 0.15) is 0 Å². The predicted octanol–water partition coefficient (Wildman–Crippen LogP) is 7.31. The quantitative estimate of drug-likeness (QED) is 0.276. The van der Waals surface area contributed by atoms with Crippen LogP contribution in [0, 0.1) is 10.8 Å². The van der Waals surface area contributed by atoms with Gasteiger partial charge in [-0.25, -0.2) is 0 Å². The Morgan fingerprint density at radius 2 is 1.03 bits per heavy atom.